The zero-order chi connectivity index (χ0) is 67.0. The number of aromatic nitrogens is 2. The number of halogens is 2. The van der Waals surface area contributed by atoms with Crippen LogP contribution in [0.25, 0.3) is 34.0 Å². The Hall–Kier alpha value is -6.95. The molecule has 10 rings (SSSR count). The number of rotatable bonds is 27. The summed E-state index contributed by atoms with van der Waals surface area (Å²) >= 11 is 12.7. The molecule has 4 aromatic carbocycles. The van der Waals surface area contributed by atoms with Crippen LogP contribution in [-0.4, -0.2) is 170 Å². The average molecular weight is 1470 g/mol. The van der Waals surface area contributed by atoms with Crippen LogP contribution in [0.4, 0.5) is 11.4 Å². The van der Waals surface area contributed by atoms with Crippen molar-refractivity contribution in [3.8, 4) is 5.75 Å². The van der Waals surface area contributed by atoms with Crippen molar-refractivity contribution in [2.45, 2.75) is 71.4 Å². The Morgan fingerprint density at radius 3 is 1.93 bits per heavy atom. The quantitative estimate of drug-likeness (QED) is 0.0174. The fourth-order valence-corrected chi connectivity index (χ4v) is 17.2. The molecule has 4 atom stereocenters. The number of phosphoric ester groups is 1. The molecular weight excluding hydrogens is 1400 g/mol. The number of aliphatic hydroxyl groups excluding tert-OH is 1. The minimum atomic E-state index is -4.49. The molecule has 0 spiro atoms. The van der Waals surface area contributed by atoms with Crippen LogP contribution in [-0.2, 0) is 63.0 Å². The van der Waals surface area contributed by atoms with Crippen LogP contribution >= 0.6 is 31.0 Å². The zero-order valence-corrected chi connectivity index (χ0v) is 59.0. The minimum absolute atomic E-state index is 0.000762. The van der Waals surface area contributed by atoms with Gasteiger partial charge in [0.1, 0.15) is 24.3 Å². The SMILES string of the molecule is C=C1NC(=O)C(/C=C/C(=O)NCCN(CCNC(=O)CN2/C(=C/c3cc[n+](C)c4ccc(Cl)cc34)[Se]c3ccc(CO)cc32)CCNC(=O)CN2/C(=C/c3cc[n+](C)c4ccc(Cl)cc34)[Se]c3ccc(OC)cc32)=CN1C1CC(OP(=O)(O)OC(C)C)C(COC(C)C)O1. The van der Waals surface area contributed by atoms with Gasteiger partial charge in [0, 0.05) is 18.7 Å². The fourth-order valence-electron chi connectivity index (χ4n) is 11.1. The van der Waals surface area contributed by atoms with E-state index in [1.807, 2.05) is 149 Å². The number of amides is 4. The standard InChI is InChI=1S/C67H75Cl2N10O12PSe2/c1-41(2)88-40-58-57(91-92(85,86)90-42(3)4)35-64(89-58)77-36-47(67(84)73-43(77)5)10-18-61(81)70-21-26-76(27-22-71-62(82)37-78-55-29-44(39-80)9-16-59(55)93-65(78)30-45-19-24-74(6)53-14-11-48(68)32-51(45)53)28-23-72-63(83)38-79-56-34-50(87-8)13-17-60(56)94-66(79)31-46-20-25-75(7)54-15-12-49(69)33-52(46)54/h9-20,24-25,29-34,36,41-42,57-58,64,80H,5,21-23,26-28,35,37-40H2,1-4,6-8H3,(H3-2,70,71,72,73,81,82,83,84,85,86)/p+2/b18-10+. The molecule has 94 heavy (non-hydrogen) atoms. The van der Waals surface area contributed by atoms with E-state index in [2.05, 4.69) is 40.0 Å². The average Bonchev–Trinajstić information content (AvgIpc) is 1.69. The molecule has 0 radical (unpaired) electrons. The molecule has 0 bridgehead atoms. The van der Waals surface area contributed by atoms with Gasteiger partial charge in [-0.2, -0.15) is 0 Å². The van der Waals surface area contributed by atoms with Crippen LogP contribution in [0, 0.1) is 0 Å². The van der Waals surface area contributed by atoms with E-state index in [1.165, 1.54) is 18.4 Å². The van der Waals surface area contributed by atoms with Gasteiger partial charge in [0.2, 0.25) is 0 Å². The smallest absolute Gasteiger partial charge is 0.376 e. The fraction of sp³-hybridized carbons (Fsp3) is 0.343. The number of hydrogen-bond donors (Lipinski definition) is 6. The zero-order valence-electron chi connectivity index (χ0n) is 53.2. The van der Waals surface area contributed by atoms with Crippen molar-refractivity contribution in [1.29, 1.82) is 0 Å². The summed E-state index contributed by atoms with van der Waals surface area (Å²) in [5, 5.41) is 25.2. The summed E-state index contributed by atoms with van der Waals surface area (Å²) in [6.07, 6.45) is 9.12. The topological polar surface area (TPSA) is 241 Å². The van der Waals surface area contributed by atoms with Gasteiger partial charge in [-0.1, -0.05) is 6.58 Å². The number of carbonyl (C=O) groups is 4. The largest absolute Gasteiger partial charge is 0.472 e. The Morgan fingerprint density at radius 1 is 0.809 bits per heavy atom. The second-order valence-corrected chi connectivity index (χ2v) is 30.0. The number of nitrogens with one attached hydrogen (secondary N) is 4. The van der Waals surface area contributed by atoms with Gasteiger partial charge in [-0.05, 0) is 33.8 Å². The molecule has 6 heterocycles. The van der Waals surface area contributed by atoms with Crippen molar-refractivity contribution >= 4 is 139 Å². The van der Waals surface area contributed by atoms with Gasteiger partial charge in [-0.25, -0.2) is 4.57 Å². The number of carbonyl (C=O) groups excluding carboxylic acids is 4. The van der Waals surface area contributed by atoms with Crippen LogP contribution in [0.1, 0.15) is 50.8 Å². The van der Waals surface area contributed by atoms with E-state index in [4.69, 9.17) is 46.5 Å². The molecule has 1 fully saturated rings. The van der Waals surface area contributed by atoms with Gasteiger partial charge in [0.15, 0.2) is 0 Å². The van der Waals surface area contributed by atoms with E-state index in [1.54, 1.807) is 25.9 Å². The Bertz CT molecular complexity index is 3890. The molecule has 6 aromatic rings. The number of hydrogen-bond acceptors (Lipinski definition) is 15. The summed E-state index contributed by atoms with van der Waals surface area (Å²) < 4.78 is 49.6. The first-order chi connectivity index (χ1) is 45.0. The summed E-state index contributed by atoms with van der Waals surface area (Å²) in [6.45, 7) is 12.4. The van der Waals surface area contributed by atoms with Crippen molar-refractivity contribution in [3.63, 3.8) is 0 Å². The monoisotopic (exact) mass is 1470 g/mol. The normalized spacial score (nSPS) is 18.7. The summed E-state index contributed by atoms with van der Waals surface area (Å²) in [7, 11) is 1.09. The number of anilines is 2. The molecule has 496 valence electrons. The second-order valence-electron chi connectivity index (χ2n) is 23.3. The molecule has 2 aromatic heterocycles. The molecule has 27 heteroatoms. The van der Waals surface area contributed by atoms with E-state index >= 15 is 0 Å². The van der Waals surface area contributed by atoms with Gasteiger partial charge in [-0.15, -0.1) is 0 Å². The first-order valence-corrected chi connectivity index (χ1v) is 36.3. The molecule has 0 saturated carbocycles. The van der Waals surface area contributed by atoms with Crippen LogP contribution in [0.2, 0.25) is 10.0 Å². The Labute approximate surface area is 569 Å². The van der Waals surface area contributed by atoms with E-state index in [-0.39, 0.29) is 112 Å². The number of aryl methyl sites for hydroxylation is 2. The van der Waals surface area contributed by atoms with Crippen LogP contribution < -0.4 is 53.9 Å². The van der Waals surface area contributed by atoms with Crippen molar-refractivity contribution in [2.75, 3.05) is 75.9 Å². The Balaban J connectivity index is 0.828. The third kappa shape index (κ3) is 17.5. The van der Waals surface area contributed by atoms with Crippen LogP contribution in [0.3, 0.4) is 0 Å². The van der Waals surface area contributed by atoms with E-state index in [0.717, 1.165) is 68.0 Å². The molecule has 4 unspecified atom stereocenters. The van der Waals surface area contributed by atoms with Gasteiger partial charge >= 0.3 is 411 Å². The van der Waals surface area contributed by atoms with Crippen LogP contribution in [0.15, 0.2) is 143 Å². The van der Waals surface area contributed by atoms with Gasteiger partial charge in [-0.3, -0.25) is 18.6 Å². The first kappa shape index (κ1) is 69.9. The van der Waals surface area contributed by atoms with Crippen molar-refractivity contribution < 1.29 is 66.1 Å². The molecule has 6 N–H and O–H groups in total. The number of aliphatic hydroxyl groups is 1. The number of phosphoric acid groups is 1. The third-order valence-electron chi connectivity index (χ3n) is 15.8. The molecule has 1 saturated heterocycles. The summed E-state index contributed by atoms with van der Waals surface area (Å²) in [5.41, 5.74) is 6.48. The maximum Gasteiger partial charge on any atom is 0.472 e. The molecule has 22 nitrogen and oxygen atoms in total. The van der Waals surface area contributed by atoms with Crippen LogP contribution in [0.5, 0.6) is 5.75 Å². The predicted octanol–water partition coefficient (Wildman–Crippen LogP) is 4.89. The number of ether oxygens (including phenoxy) is 3. The minimum Gasteiger partial charge on any atom is -0.376 e. The number of benzene rings is 4. The third-order valence-corrected chi connectivity index (χ3v) is 22.1. The predicted molar refractivity (Wildman–Crippen MR) is 364 cm³/mol. The summed E-state index contributed by atoms with van der Waals surface area (Å²) in [5.74, 6) is -0.637. The molecular formula is C67H77Cl2N10O12PSe2+2. The molecule has 4 aliphatic rings. The van der Waals surface area contributed by atoms with Gasteiger partial charge in [0.25, 0.3) is 5.91 Å². The molecule has 0 aliphatic carbocycles. The molecule has 4 amide bonds. The van der Waals surface area contributed by atoms with Crippen molar-refractivity contribution in [3.05, 3.63) is 170 Å². The Kier molecular flexibility index (Phi) is 23.3. The number of fused-ring (bicyclic) bond motifs is 4. The van der Waals surface area contributed by atoms with E-state index in [0.29, 0.717) is 35.4 Å². The first-order valence-electron chi connectivity index (χ1n) is 30.6. The van der Waals surface area contributed by atoms with E-state index in [9.17, 15) is 33.7 Å². The maximum atomic E-state index is 14.2. The molecule has 4 aliphatic heterocycles. The number of nitrogens with zero attached hydrogens (tertiary/aromatic N) is 6. The second kappa shape index (κ2) is 31.3. The Morgan fingerprint density at radius 2 is 1.37 bits per heavy atom. The van der Waals surface area contributed by atoms with Gasteiger partial charge < -0.3 is 24.6 Å². The maximum absolute atomic E-state index is 14.2. The summed E-state index contributed by atoms with van der Waals surface area (Å²) in [6, 6.07) is 27.4. The summed E-state index contributed by atoms with van der Waals surface area (Å²) in [4.78, 5) is 73.4. The van der Waals surface area contributed by atoms with E-state index < -0.39 is 44.2 Å². The van der Waals surface area contributed by atoms with Gasteiger partial charge in [0.05, 0.1) is 24.4 Å². The van der Waals surface area contributed by atoms with Crippen molar-refractivity contribution in [2.24, 2.45) is 14.1 Å². The number of pyridine rings is 2. The van der Waals surface area contributed by atoms with Crippen molar-refractivity contribution in [1.82, 2.24) is 31.1 Å². The number of methoxy groups -OCH3 is 1.